The third kappa shape index (κ3) is 6.18. The number of anilines is 3. The van der Waals surface area contributed by atoms with Crippen LogP contribution in [-0.4, -0.2) is 4.57 Å². The molecule has 0 spiro atoms. The van der Waals surface area contributed by atoms with Crippen molar-refractivity contribution in [1.29, 1.82) is 0 Å². The average molecular weight is 853 g/mol. The highest BCUT2D eigenvalue weighted by atomic mass is 15.1. The second-order valence-corrected chi connectivity index (χ2v) is 17.6. The van der Waals surface area contributed by atoms with E-state index < -0.39 is 5.41 Å². The smallest absolute Gasteiger partial charge is 0.0714 e. The zero-order valence-electron chi connectivity index (χ0n) is 36.8. The molecule has 67 heavy (non-hydrogen) atoms. The first-order valence-electron chi connectivity index (χ1n) is 23.2. The maximum atomic E-state index is 2.48. The lowest BCUT2D eigenvalue weighted by Crippen LogP contribution is -2.28. The van der Waals surface area contributed by atoms with E-state index in [9.17, 15) is 0 Å². The van der Waals surface area contributed by atoms with E-state index in [1.807, 2.05) is 0 Å². The number of benzene rings is 11. The molecule has 0 fully saturated rings. The first-order chi connectivity index (χ1) is 33.2. The summed E-state index contributed by atoms with van der Waals surface area (Å²) in [5.41, 5.74) is 18.8. The monoisotopic (exact) mass is 852 g/mol. The number of rotatable bonds is 8. The maximum Gasteiger partial charge on any atom is 0.0714 e. The molecule has 1 aliphatic carbocycles. The Balaban J connectivity index is 0.918. The Kier molecular flexibility index (Phi) is 9.11. The molecule has 0 saturated carbocycles. The van der Waals surface area contributed by atoms with Gasteiger partial charge >= 0.3 is 0 Å². The minimum absolute atomic E-state index is 0.481. The van der Waals surface area contributed by atoms with Gasteiger partial charge in [0.1, 0.15) is 0 Å². The molecular weight excluding hydrogens is 809 g/mol. The highest BCUT2D eigenvalue weighted by molar-refractivity contribution is 6.10. The van der Waals surface area contributed by atoms with Gasteiger partial charge in [0.05, 0.1) is 22.1 Å². The Hall–Kier alpha value is -8.72. The fraction of sp³-hybridized carbons (Fsp3) is 0.0154. The molecule has 0 unspecified atom stereocenters. The summed E-state index contributed by atoms with van der Waals surface area (Å²) in [6.07, 6.45) is 0. The van der Waals surface area contributed by atoms with Gasteiger partial charge in [-0.15, -0.1) is 0 Å². The molecule has 13 rings (SSSR count). The normalized spacial score (nSPS) is 12.6. The van der Waals surface area contributed by atoms with E-state index in [4.69, 9.17) is 0 Å². The quantitative estimate of drug-likeness (QED) is 0.148. The zero-order chi connectivity index (χ0) is 44.3. The lowest BCUT2D eigenvalue weighted by Gasteiger charge is -2.34. The van der Waals surface area contributed by atoms with Crippen LogP contribution in [0.4, 0.5) is 17.1 Å². The van der Waals surface area contributed by atoms with Crippen LogP contribution >= 0.6 is 0 Å². The molecule has 0 bridgehead atoms. The van der Waals surface area contributed by atoms with Crippen LogP contribution in [0.2, 0.25) is 0 Å². The predicted molar refractivity (Wildman–Crippen MR) is 281 cm³/mol. The Morgan fingerprint density at radius 1 is 0.313 bits per heavy atom. The molecule has 1 aromatic heterocycles. The number of aromatic nitrogens is 1. The lowest BCUT2D eigenvalue weighted by molar-refractivity contribution is 0.767. The second-order valence-electron chi connectivity index (χ2n) is 17.6. The fourth-order valence-corrected chi connectivity index (χ4v) is 11.1. The fourth-order valence-electron chi connectivity index (χ4n) is 11.1. The van der Waals surface area contributed by atoms with Gasteiger partial charge in [-0.2, -0.15) is 0 Å². The SMILES string of the molecule is c1ccc(N(c2cccc(-c3ccc(-c4ccc5c6ccccc6n(-c6ccc7c(c6)C(c6ccccc6)(c6ccccc6)c6ccccc6-7)c5c4)cc3)c2)c2cccc3ccccc23)cc1. The van der Waals surface area contributed by atoms with Crippen molar-refractivity contribution in [1.82, 2.24) is 4.57 Å². The molecule has 314 valence electrons. The summed E-state index contributed by atoms with van der Waals surface area (Å²) in [6.45, 7) is 0. The van der Waals surface area contributed by atoms with Crippen molar-refractivity contribution in [3.05, 3.63) is 289 Å². The molecule has 2 nitrogen and oxygen atoms in total. The minimum Gasteiger partial charge on any atom is -0.310 e. The molecule has 0 aliphatic heterocycles. The van der Waals surface area contributed by atoms with E-state index in [-0.39, 0.29) is 0 Å². The van der Waals surface area contributed by atoms with Crippen LogP contribution < -0.4 is 4.90 Å². The molecule has 0 radical (unpaired) electrons. The van der Waals surface area contributed by atoms with E-state index in [2.05, 4.69) is 276 Å². The standard InChI is InChI=1S/C65H44N2/c1-4-21-50(22-5-1)65(51-23-6-2-7-24-51)60-31-14-12-29-56(60)57-41-39-54(44-61(57)65)67-63-32-15-13-30-58(63)59-40-38-49(43-64(59)67)46-36-34-45(35-37-46)48-20-16-27-53(42-48)66(52-25-8-3-9-26-52)62-33-17-19-47-18-10-11-28-55(47)62/h1-44H. The predicted octanol–water partition coefficient (Wildman–Crippen LogP) is 17.1. The number of nitrogens with zero attached hydrogens (tertiary/aromatic N) is 2. The van der Waals surface area contributed by atoms with Crippen molar-refractivity contribution in [2.24, 2.45) is 0 Å². The highest BCUT2D eigenvalue weighted by Gasteiger charge is 2.46. The first-order valence-corrected chi connectivity index (χ1v) is 23.2. The molecule has 1 heterocycles. The van der Waals surface area contributed by atoms with Crippen LogP contribution in [0.25, 0.3) is 71.6 Å². The summed E-state index contributed by atoms with van der Waals surface area (Å²) < 4.78 is 2.48. The van der Waals surface area contributed by atoms with Crippen LogP contribution in [0.1, 0.15) is 22.3 Å². The van der Waals surface area contributed by atoms with Gasteiger partial charge in [0.15, 0.2) is 0 Å². The number of hydrogen-bond acceptors (Lipinski definition) is 1. The third-order valence-electron chi connectivity index (χ3n) is 14.1. The van der Waals surface area contributed by atoms with Crippen molar-refractivity contribution in [2.45, 2.75) is 5.41 Å². The molecule has 0 N–H and O–H groups in total. The second kappa shape index (κ2) is 15.8. The first kappa shape index (κ1) is 38.7. The molecule has 0 atom stereocenters. The van der Waals surface area contributed by atoms with Crippen molar-refractivity contribution < 1.29 is 0 Å². The minimum atomic E-state index is -0.481. The van der Waals surface area contributed by atoms with Crippen LogP contribution in [-0.2, 0) is 5.41 Å². The zero-order valence-corrected chi connectivity index (χ0v) is 36.8. The van der Waals surface area contributed by atoms with Crippen molar-refractivity contribution >= 4 is 49.6 Å². The summed E-state index contributed by atoms with van der Waals surface area (Å²) >= 11 is 0. The number of fused-ring (bicyclic) bond motifs is 7. The molecule has 11 aromatic carbocycles. The summed E-state index contributed by atoms with van der Waals surface area (Å²) in [6, 6.07) is 98.0. The van der Waals surface area contributed by atoms with Crippen LogP contribution in [0.3, 0.4) is 0 Å². The van der Waals surface area contributed by atoms with Crippen LogP contribution in [0.5, 0.6) is 0 Å². The highest BCUT2D eigenvalue weighted by Crippen LogP contribution is 2.56. The number of para-hydroxylation sites is 2. The summed E-state index contributed by atoms with van der Waals surface area (Å²) in [4.78, 5) is 2.37. The third-order valence-corrected chi connectivity index (χ3v) is 14.1. The van der Waals surface area contributed by atoms with Gasteiger partial charge in [-0.25, -0.2) is 0 Å². The van der Waals surface area contributed by atoms with Gasteiger partial charge in [-0.1, -0.05) is 212 Å². The molecular formula is C65H44N2. The average Bonchev–Trinajstić information content (AvgIpc) is 3.90. The maximum absolute atomic E-state index is 2.48. The van der Waals surface area contributed by atoms with Gasteiger partial charge in [0, 0.05) is 33.2 Å². The summed E-state index contributed by atoms with van der Waals surface area (Å²) in [7, 11) is 0. The van der Waals surface area contributed by atoms with Gasteiger partial charge in [-0.3, -0.25) is 0 Å². The Morgan fingerprint density at radius 2 is 0.866 bits per heavy atom. The number of hydrogen-bond donors (Lipinski definition) is 0. The van der Waals surface area contributed by atoms with E-state index in [1.165, 1.54) is 88.2 Å². The molecule has 0 saturated heterocycles. The van der Waals surface area contributed by atoms with E-state index in [1.54, 1.807) is 0 Å². The Morgan fingerprint density at radius 3 is 1.63 bits per heavy atom. The molecule has 2 heteroatoms. The topological polar surface area (TPSA) is 8.17 Å². The summed E-state index contributed by atoms with van der Waals surface area (Å²) in [5, 5.41) is 4.92. The van der Waals surface area contributed by atoms with E-state index in [0.717, 1.165) is 22.7 Å². The van der Waals surface area contributed by atoms with Crippen molar-refractivity contribution in [2.75, 3.05) is 4.90 Å². The lowest BCUT2D eigenvalue weighted by atomic mass is 9.67. The molecule has 12 aromatic rings. The Bertz CT molecular complexity index is 3750. The van der Waals surface area contributed by atoms with Crippen molar-refractivity contribution in [3.63, 3.8) is 0 Å². The molecule has 1 aliphatic rings. The van der Waals surface area contributed by atoms with Crippen LogP contribution in [0, 0.1) is 0 Å². The van der Waals surface area contributed by atoms with Gasteiger partial charge < -0.3 is 9.47 Å². The Labute approximate surface area is 390 Å². The van der Waals surface area contributed by atoms with Gasteiger partial charge in [-0.05, 0) is 116 Å². The van der Waals surface area contributed by atoms with Crippen LogP contribution in [0.15, 0.2) is 267 Å². The summed E-state index contributed by atoms with van der Waals surface area (Å²) in [5.74, 6) is 0. The largest absolute Gasteiger partial charge is 0.310 e. The van der Waals surface area contributed by atoms with Gasteiger partial charge in [0.2, 0.25) is 0 Å². The van der Waals surface area contributed by atoms with Crippen molar-refractivity contribution in [3.8, 4) is 39.1 Å². The van der Waals surface area contributed by atoms with Gasteiger partial charge in [0.25, 0.3) is 0 Å². The van der Waals surface area contributed by atoms with E-state index in [0.29, 0.717) is 0 Å². The van der Waals surface area contributed by atoms with E-state index >= 15 is 0 Å². The molecule has 0 amide bonds.